The maximum atomic E-state index is 13.3. The van der Waals surface area contributed by atoms with Crippen LogP contribution in [0.15, 0.2) is 59.7 Å². The standard InChI is InChI=1S/C24H23N3O3S/c1-4-30-19-11-7-17(8-12-19)21-16(3)31-23-22(21)24(29)27(14-25-23)13-20(28)26-18-9-5-15(2)6-10-18/h5-12,14H,4,13H2,1-3H3,(H,26,28). The van der Waals surface area contributed by atoms with Crippen LogP contribution in [0.1, 0.15) is 17.4 Å². The second-order valence-corrected chi connectivity index (χ2v) is 8.47. The fourth-order valence-corrected chi connectivity index (χ4v) is 4.48. The maximum Gasteiger partial charge on any atom is 0.263 e. The van der Waals surface area contributed by atoms with E-state index in [4.69, 9.17) is 4.74 Å². The molecule has 0 aliphatic carbocycles. The molecule has 0 spiro atoms. The highest BCUT2D eigenvalue weighted by Crippen LogP contribution is 2.36. The Hall–Kier alpha value is -3.45. The van der Waals surface area contributed by atoms with Crippen LogP contribution in [-0.2, 0) is 11.3 Å². The van der Waals surface area contributed by atoms with Gasteiger partial charge >= 0.3 is 0 Å². The van der Waals surface area contributed by atoms with Gasteiger partial charge in [0.15, 0.2) is 0 Å². The van der Waals surface area contributed by atoms with Gasteiger partial charge in [0.05, 0.1) is 18.3 Å². The van der Waals surface area contributed by atoms with Crippen molar-refractivity contribution in [3.8, 4) is 16.9 Å². The summed E-state index contributed by atoms with van der Waals surface area (Å²) < 4.78 is 6.88. The van der Waals surface area contributed by atoms with Gasteiger partial charge < -0.3 is 10.1 Å². The smallest absolute Gasteiger partial charge is 0.263 e. The molecule has 0 radical (unpaired) electrons. The van der Waals surface area contributed by atoms with Crippen molar-refractivity contribution >= 4 is 33.1 Å². The molecule has 6 nitrogen and oxygen atoms in total. The van der Waals surface area contributed by atoms with Gasteiger partial charge in [-0.1, -0.05) is 29.8 Å². The zero-order chi connectivity index (χ0) is 22.0. The monoisotopic (exact) mass is 433 g/mol. The Morgan fingerprint density at radius 1 is 1.10 bits per heavy atom. The van der Waals surface area contributed by atoms with Gasteiger partial charge in [0.1, 0.15) is 17.1 Å². The molecule has 0 fully saturated rings. The summed E-state index contributed by atoms with van der Waals surface area (Å²) in [5.74, 6) is 0.508. The molecule has 7 heteroatoms. The van der Waals surface area contributed by atoms with Gasteiger partial charge in [0.25, 0.3) is 5.56 Å². The van der Waals surface area contributed by atoms with Gasteiger partial charge in [-0.05, 0) is 50.6 Å². The molecule has 0 saturated carbocycles. The number of hydrogen-bond acceptors (Lipinski definition) is 5. The van der Waals surface area contributed by atoms with Gasteiger partial charge in [-0.2, -0.15) is 0 Å². The van der Waals surface area contributed by atoms with E-state index >= 15 is 0 Å². The number of rotatable bonds is 6. The van der Waals surface area contributed by atoms with Crippen LogP contribution in [0.4, 0.5) is 5.69 Å². The topological polar surface area (TPSA) is 73.2 Å². The van der Waals surface area contributed by atoms with E-state index in [0.29, 0.717) is 22.5 Å². The maximum absolute atomic E-state index is 13.3. The number of fused-ring (bicyclic) bond motifs is 1. The van der Waals surface area contributed by atoms with Crippen molar-refractivity contribution in [1.29, 1.82) is 0 Å². The van der Waals surface area contributed by atoms with Gasteiger partial charge in [-0.15, -0.1) is 11.3 Å². The number of carbonyl (C=O) groups is 1. The Morgan fingerprint density at radius 3 is 2.48 bits per heavy atom. The highest BCUT2D eigenvalue weighted by molar-refractivity contribution is 7.19. The molecular weight excluding hydrogens is 410 g/mol. The molecule has 0 unspecified atom stereocenters. The first-order valence-electron chi connectivity index (χ1n) is 10.0. The number of anilines is 1. The number of ether oxygens (including phenoxy) is 1. The van der Waals surface area contributed by atoms with Crippen molar-refractivity contribution in [3.63, 3.8) is 0 Å². The molecule has 2 aromatic carbocycles. The molecule has 158 valence electrons. The van der Waals surface area contributed by atoms with E-state index in [2.05, 4.69) is 10.3 Å². The predicted molar refractivity (Wildman–Crippen MR) is 125 cm³/mol. The van der Waals surface area contributed by atoms with Crippen LogP contribution < -0.4 is 15.6 Å². The summed E-state index contributed by atoms with van der Waals surface area (Å²) in [5.41, 5.74) is 3.36. The summed E-state index contributed by atoms with van der Waals surface area (Å²) >= 11 is 1.48. The molecule has 31 heavy (non-hydrogen) atoms. The fourth-order valence-electron chi connectivity index (χ4n) is 3.47. The van der Waals surface area contributed by atoms with E-state index in [1.807, 2.05) is 69.3 Å². The summed E-state index contributed by atoms with van der Waals surface area (Å²) in [7, 11) is 0. The Balaban J connectivity index is 1.66. The van der Waals surface area contributed by atoms with Crippen LogP contribution in [0.2, 0.25) is 0 Å². The zero-order valence-corrected chi connectivity index (χ0v) is 18.5. The van der Waals surface area contributed by atoms with E-state index in [0.717, 1.165) is 27.3 Å². The molecule has 0 atom stereocenters. The number of hydrogen-bond donors (Lipinski definition) is 1. The number of aryl methyl sites for hydroxylation is 2. The van der Waals surface area contributed by atoms with Crippen LogP contribution in [0.25, 0.3) is 21.3 Å². The summed E-state index contributed by atoms with van der Waals surface area (Å²) in [6.07, 6.45) is 1.44. The largest absolute Gasteiger partial charge is 0.494 e. The van der Waals surface area contributed by atoms with Gasteiger partial charge in [-0.25, -0.2) is 4.98 Å². The average Bonchev–Trinajstić information content (AvgIpc) is 3.09. The number of carbonyl (C=O) groups excluding carboxylic acids is 1. The van der Waals surface area contributed by atoms with Crippen molar-refractivity contribution in [1.82, 2.24) is 9.55 Å². The molecule has 0 saturated heterocycles. The third-order valence-corrected chi connectivity index (χ3v) is 5.97. The Morgan fingerprint density at radius 2 is 1.81 bits per heavy atom. The first-order chi connectivity index (χ1) is 15.0. The van der Waals surface area contributed by atoms with Crippen molar-refractivity contribution in [2.75, 3.05) is 11.9 Å². The van der Waals surface area contributed by atoms with Crippen molar-refractivity contribution in [2.24, 2.45) is 0 Å². The van der Waals surface area contributed by atoms with Crippen LogP contribution in [-0.4, -0.2) is 22.1 Å². The molecule has 0 aliphatic heterocycles. The van der Waals surface area contributed by atoms with Crippen molar-refractivity contribution < 1.29 is 9.53 Å². The minimum Gasteiger partial charge on any atom is -0.494 e. The summed E-state index contributed by atoms with van der Waals surface area (Å²) in [6, 6.07) is 15.2. The molecule has 0 bridgehead atoms. The van der Waals surface area contributed by atoms with Crippen LogP contribution in [0, 0.1) is 13.8 Å². The molecular formula is C24H23N3O3S. The number of benzene rings is 2. The Labute approximate surface area is 184 Å². The van der Waals surface area contributed by atoms with E-state index < -0.39 is 0 Å². The zero-order valence-electron chi connectivity index (χ0n) is 17.6. The highest BCUT2D eigenvalue weighted by atomic mass is 32.1. The van der Waals surface area contributed by atoms with Gasteiger partial charge in [0.2, 0.25) is 5.91 Å². The Bertz CT molecular complexity index is 1290. The summed E-state index contributed by atoms with van der Waals surface area (Å²) in [6.45, 7) is 6.39. The number of thiophene rings is 1. The average molecular weight is 434 g/mol. The molecule has 2 aromatic heterocycles. The van der Waals surface area contributed by atoms with Crippen LogP contribution >= 0.6 is 11.3 Å². The minimum absolute atomic E-state index is 0.104. The second kappa shape index (κ2) is 8.73. The lowest BCUT2D eigenvalue weighted by Gasteiger charge is -2.09. The first kappa shape index (κ1) is 20.8. The lowest BCUT2D eigenvalue weighted by molar-refractivity contribution is -0.116. The molecule has 4 rings (SSSR count). The third kappa shape index (κ3) is 4.36. The van der Waals surface area contributed by atoms with E-state index in [9.17, 15) is 9.59 Å². The lowest BCUT2D eigenvalue weighted by atomic mass is 10.0. The molecule has 4 aromatic rings. The summed E-state index contributed by atoms with van der Waals surface area (Å²) in [4.78, 5) is 31.9. The van der Waals surface area contributed by atoms with E-state index in [1.54, 1.807) is 0 Å². The molecule has 0 aliphatic rings. The lowest BCUT2D eigenvalue weighted by Crippen LogP contribution is -2.27. The number of nitrogens with zero attached hydrogens (tertiary/aromatic N) is 2. The van der Waals surface area contributed by atoms with E-state index in [1.165, 1.54) is 22.2 Å². The van der Waals surface area contributed by atoms with Crippen molar-refractivity contribution in [2.45, 2.75) is 27.3 Å². The number of nitrogens with one attached hydrogen (secondary N) is 1. The Kier molecular flexibility index (Phi) is 5.86. The summed E-state index contributed by atoms with van der Waals surface area (Å²) in [5, 5.41) is 3.36. The second-order valence-electron chi connectivity index (χ2n) is 7.26. The van der Waals surface area contributed by atoms with Crippen molar-refractivity contribution in [3.05, 3.63) is 75.7 Å². The van der Waals surface area contributed by atoms with Crippen LogP contribution in [0.5, 0.6) is 5.75 Å². The minimum atomic E-state index is -0.276. The molecule has 1 N–H and O–H groups in total. The normalized spacial score (nSPS) is 10.9. The highest BCUT2D eigenvalue weighted by Gasteiger charge is 2.18. The predicted octanol–water partition coefficient (Wildman–Crippen LogP) is 4.78. The quantitative estimate of drug-likeness (QED) is 0.475. The molecule has 1 amide bonds. The SMILES string of the molecule is CCOc1ccc(-c2c(C)sc3ncn(CC(=O)Nc4ccc(C)cc4)c(=O)c23)cc1. The first-order valence-corrected chi connectivity index (χ1v) is 10.9. The number of aromatic nitrogens is 2. The molecule has 2 heterocycles. The number of amides is 1. The third-order valence-electron chi connectivity index (χ3n) is 4.96. The van der Waals surface area contributed by atoms with Crippen LogP contribution in [0.3, 0.4) is 0 Å². The van der Waals surface area contributed by atoms with Gasteiger partial charge in [-0.3, -0.25) is 14.2 Å². The van der Waals surface area contributed by atoms with E-state index in [-0.39, 0.29) is 18.0 Å². The van der Waals surface area contributed by atoms with Gasteiger partial charge in [0, 0.05) is 16.1 Å². The fraction of sp³-hybridized carbons (Fsp3) is 0.208.